The number of para-hydroxylation sites is 1. The fourth-order valence-electron chi connectivity index (χ4n) is 1.87. The van der Waals surface area contributed by atoms with Crippen LogP contribution in [0.4, 0.5) is 5.69 Å². The second-order valence-corrected chi connectivity index (χ2v) is 6.60. The van der Waals surface area contributed by atoms with Crippen LogP contribution in [-0.4, -0.2) is 14.3 Å². The van der Waals surface area contributed by atoms with E-state index in [2.05, 4.69) is 17.4 Å². The van der Waals surface area contributed by atoms with Crippen LogP contribution in [0.25, 0.3) is 0 Å². The highest BCUT2D eigenvalue weighted by atomic mass is 35.5. The Hall–Kier alpha value is -2.53. The number of hydrazine groups is 1. The summed E-state index contributed by atoms with van der Waals surface area (Å²) in [4.78, 5) is 12.1. The lowest BCUT2D eigenvalue weighted by Gasteiger charge is -2.18. The summed E-state index contributed by atoms with van der Waals surface area (Å²) < 4.78 is 23.0. The minimum absolute atomic E-state index is 0.0534. The van der Waals surface area contributed by atoms with Crippen LogP contribution in [-0.2, 0) is 10.0 Å². The lowest BCUT2D eigenvalue weighted by Crippen LogP contribution is -2.39. The van der Waals surface area contributed by atoms with Gasteiger partial charge in [0.15, 0.2) is 0 Å². The van der Waals surface area contributed by atoms with Gasteiger partial charge in [-0.3, -0.25) is 10.2 Å². The summed E-state index contributed by atoms with van der Waals surface area (Å²) in [5.74, 6) is 2.14. The van der Waals surface area contributed by atoms with Gasteiger partial charge in [-0.15, -0.1) is 0 Å². The van der Waals surface area contributed by atoms with E-state index in [4.69, 9.17) is 16.7 Å². The van der Waals surface area contributed by atoms with E-state index < -0.39 is 15.9 Å². The molecule has 8 heteroatoms. The monoisotopic (exact) mass is 363 g/mol. The molecule has 24 heavy (non-hydrogen) atoms. The average molecular weight is 364 g/mol. The molecule has 1 amide bonds. The molecule has 0 spiro atoms. The van der Waals surface area contributed by atoms with Crippen LogP contribution in [0.3, 0.4) is 0 Å². The second kappa shape index (κ2) is 7.36. The number of nitrogens with zero attached hydrogens (tertiary/aromatic N) is 1. The Labute approximate surface area is 145 Å². The van der Waals surface area contributed by atoms with Gasteiger partial charge in [-0.25, -0.2) is 18.6 Å². The summed E-state index contributed by atoms with van der Waals surface area (Å²) in [6, 6.07) is 15.5. The van der Waals surface area contributed by atoms with Crippen LogP contribution in [0.15, 0.2) is 53.4 Å². The molecule has 0 radical (unpaired) electrons. The van der Waals surface area contributed by atoms with Crippen molar-refractivity contribution >= 4 is 33.2 Å². The number of sulfonamides is 1. The highest BCUT2D eigenvalue weighted by Gasteiger charge is 2.17. The molecule has 0 unspecified atom stereocenters. The van der Waals surface area contributed by atoms with Gasteiger partial charge in [0, 0.05) is 11.6 Å². The molecular weight excluding hydrogens is 350 g/mol. The van der Waals surface area contributed by atoms with Crippen molar-refractivity contribution in [1.82, 2.24) is 5.43 Å². The van der Waals surface area contributed by atoms with Gasteiger partial charge >= 0.3 is 0 Å². The number of halogens is 1. The maximum Gasteiger partial charge on any atom is 0.270 e. The number of rotatable bonds is 4. The lowest BCUT2D eigenvalue weighted by atomic mass is 10.2. The number of benzene rings is 2. The van der Waals surface area contributed by atoms with Crippen molar-refractivity contribution in [2.24, 2.45) is 5.14 Å². The van der Waals surface area contributed by atoms with E-state index in [1.54, 1.807) is 31.2 Å². The molecular formula is C16H14ClN3O3S. The van der Waals surface area contributed by atoms with Gasteiger partial charge in [-0.1, -0.05) is 35.7 Å². The van der Waals surface area contributed by atoms with Gasteiger partial charge in [0.2, 0.25) is 10.0 Å². The molecule has 0 saturated heterocycles. The van der Waals surface area contributed by atoms with Crippen molar-refractivity contribution in [3.8, 4) is 12.0 Å². The molecule has 2 aromatic carbocycles. The zero-order valence-electron chi connectivity index (χ0n) is 12.7. The summed E-state index contributed by atoms with van der Waals surface area (Å²) in [6.07, 6.45) is 0. The van der Waals surface area contributed by atoms with Gasteiger partial charge in [0.1, 0.15) is 4.90 Å². The van der Waals surface area contributed by atoms with E-state index >= 15 is 0 Å². The summed E-state index contributed by atoms with van der Waals surface area (Å²) in [5, 5.41) is 6.38. The smallest absolute Gasteiger partial charge is 0.267 e. The first-order valence-corrected chi connectivity index (χ1v) is 8.66. The van der Waals surface area contributed by atoms with Crippen LogP contribution in [0.1, 0.15) is 17.3 Å². The number of hydrogen-bond acceptors (Lipinski definition) is 4. The molecule has 0 heterocycles. The lowest BCUT2D eigenvalue weighted by molar-refractivity contribution is 0.0954. The fraction of sp³-hybridized carbons (Fsp3) is 0.0625. The number of carbonyl (C=O) groups is 1. The Bertz CT molecular complexity index is 919. The van der Waals surface area contributed by atoms with Crippen molar-refractivity contribution in [2.45, 2.75) is 11.8 Å². The Kier molecular flexibility index (Phi) is 5.46. The Morgan fingerprint density at radius 2 is 1.88 bits per heavy atom. The standard InChI is InChI=1S/C16H14ClN3O3S/c1-2-10-20(13-6-4-3-5-7-13)19-16(21)12-8-9-14(17)15(11-12)24(18,22)23/h3-9,11H,1H3,(H,19,21)(H2,18,22,23). The van der Waals surface area contributed by atoms with E-state index in [1.165, 1.54) is 17.1 Å². The summed E-state index contributed by atoms with van der Waals surface area (Å²) >= 11 is 5.81. The van der Waals surface area contributed by atoms with Crippen molar-refractivity contribution in [3.63, 3.8) is 0 Å². The molecule has 6 nitrogen and oxygen atoms in total. The van der Waals surface area contributed by atoms with Crippen LogP contribution in [0, 0.1) is 12.0 Å². The molecule has 0 aromatic heterocycles. The number of anilines is 1. The van der Waals surface area contributed by atoms with Crippen molar-refractivity contribution < 1.29 is 13.2 Å². The number of carbonyl (C=O) groups excluding carboxylic acids is 1. The average Bonchev–Trinajstić information content (AvgIpc) is 2.54. The predicted molar refractivity (Wildman–Crippen MR) is 92.7 cm³/mol. The summed E-state index contributed by atoms with van der Waals surface area (Å²) in [7, 11) is -4.03. The fourth-order valence-corrected chi connectivity index (χ4v) is 2.95. The topological polar surface area (TPSA) is 92.5 Å². The zero-order valence-corrected chi connectivity index (χ0v) is 14.2. The van der Waals surface area contributed by atoms with E-state index in [0.29, 0.717) is 5.69 Å². The molecule has 124 valence electrons. The quantitative estimate of drug-likeness (QED) is 0.494. The van der Waals surface area contributed by atoms with Crippen LogP contribution in [0.5, 0.6) is 0 Å². The maximum atomic E-state index is 12.4. The van der Waals surface area contributed by atoms with Gasteiger partial charge in [0.05, 0.1) is 10.7 Å². The third-order valence-corrected chi connectivity index (χ3v) is 4.34. The second-order valence-electron chi connectivity index (χ2n) is 4.66. The molecule has 0 saturated carbocycles. The van der Waals surface area contributed by atoms with Crippen molar-refractivity contribution in [1.29, 1.82) is 0 Å². The third-order valence-electron chi connectivity index (χ3n) is 2.95. The molecule has 0 aliphatic rings. The minimum Gasteiger partial charge on any atom is -0.267 e. The van der Waals surface area contributed by atoms with Crippen LogP contribution < -0.4 is 15.6 Å². The minimum atomic E-state index is -4.03. The highest BCUT2D eigenvalue weighted by Crippen LogP contribution is 2.21. The molecule has 0 bridgehead atoms. The van der Waals surface area contributed by atoms with Gasteiger partial charge in [0.25, 0.3) is 5.91 Å². The first kappa shape index (κ1) is 17.8. The van der Waals surface area contributed by atoms with Gasteiger partial charge in [-0.05, 0) is 37.3 Å². The first-order chi connectivity index (χ1) is 11.3. The number of primary sulfonamides is 1. The highest BCUT2D eigenvalue weighted by molar-refractivity contribution is 7.89. The Morgan fingerprint density at radius 3 is 2.46 bits per heavy atom. The van der Waals surface area contributed by atoms with E-state index in [1.807, 2.05) is 6.07 Å². The molecule has 2 aromatic rings. The molecule has 0 fully saturated rings. The van der Waals surface area contributed by atoms with E-state index in [-0.39, 0.29) is 15.5 Å². The largest absolute Gasteiger partial charge is 0.270 e. The molecule has 0 aliphatic heterocycles. The Balaban J connectivity index is 2.33. The van der Waals surface area contributed by atoms with Crippen LogP contribution >= 0.6 is 11.6 Å². The normalized spacial score (nSPS) is 10.5. The molecule has 3 N–H and O–H groups in total. The Morgan fingerprint density at radius 1 is 1.21 bits per heavy atom. The number of nitrogens with two attached hydrogens (primary N) is 1. The van der Waals surface area contributed by atoms with Crippen molar-refractivity contribution in [2.75, 3.05) is 5.01 Å². The van der Waals surface area contributed by atoms with Gasteiger partial charge < -0.3 is 0 Å². The number of hydrogen-bond donors (Lipinski definition) is 2. The number of nitrogens with one attached hydrogen (secondary N) is 1. The summed E-state index contributed by atoms with van der Waals surface area (Å²) in [6.45, 7) is 1.63. The van der Waals surface area contributed by atoms with Gasteiger partial charge in [-0.2, -0.15) is 0 Å². The van der Waals surface area contributed by atoms with E-state index in [0.717, 1.165) is 6.07 Å². The van der Waals surface area contributed by atoms with Crippen molar-refractivity contribution in [3.05, 3.63) is 59.1 Å². The SMILES string of the molecule is CC#CN(NC(=O)c1ccc(Cl)c(S(N)(=O)=O)c1)c1ccccc1. The molecule has 0 aliphatic carbocycles. The molecule has 0 atom stereocenters. The third kappa shape index (κ3) is 4.26. The predicted octanol–water partition coefficient (Wildman–Crippen LogP) is 2.12. The first-order valence-electron chi connectivity index (χ1n) is 6.74. The van der Waals surface area contributed by atoms with Crippen LogP contribution in [0.2, 0.25) is 5.02 Å². The molecule has 2 rings (SSSR count). The van der Waals surface area contributed by atoms with E-state index in [9.17, 15) is 13.2 Å². The summed E-state index contributed by atoms with van der Waals surface area (Å²) in [5.41, 5.74) is 3.33. The zero-order chi connectivity index (χ0) is 17.7. The maximum absolute atomic E-state index is 12.4. The number of amides is 1.